The van der Waals surface area contributed by atoms with Crippen molar-refractivity contribution in [3.05, 3.63) is 75.7 Å². The number of hydrogen-bond acceptors (Lipinski definition) is 7. The van der Waals surface area contributed by atoms with Gasteiger partial charge >= 0.3 is 6.09 Å². The number of fused-ring (bicyclic) bond motifs is 3. The maximum atomic E-state index is 12.2. The first-order valence-corrected chi connectivity index (χ1v) is 10.5. The van der Waals surface area contributed by atoms with Crippen molar-refractivity contribution in [2.45, 2.75) is 24.7 Å². The number of benzene rings is 2. The Hall–Kier alpha value is -2.78. The summed E-state index contributed by atoms with van der Waals surface area (Å²) >= 11 is 1.13. The minimum Gasteiger partial charge on any atom is -0.449 e. The highest BCUT2D eigenvalue weighted by atomic mass is 32.1. The van der Waals surface area contributed by atoms with E-state index in [2.05, 4.69) is 22.4 Å². The molecule has 3 aromatic rings. The van der Waals surface area contributed by atoms with E-state index >= 15 is 0 Å². The molecule has 0 saturated carbocycles. The zero-order chi connectivity index (χ0) is 21.1. The zero-order valence-electron chi connectivity index (χ0n) is 16.1. The molecule has 2 atom stereocenters. The van der Waals surface area contributed by atoms with Gasteiger partial charge in [-0.15, -0.1) is 11.3 Å². The summed E-state index contributed by atoms with van der Waals surface area (Å²) in [6, 6.07) is 16.1. The molecule has 4 N–H and O–H groups in total. The molecule has 1 aromatic heterocycles. The summed E-state index contributed by atoms with van der Waals surface area (Å²) in [5.74, 6) is -0.0501. The fraction of sp³-hybridized carbons (Fsp3) is 0.273. The van der Waals surface area contributed by atoms with Crippen LogP contribution in [0.15, 0.2) is 53.9 Å². The van der Waals surface area contributed by atoms with Crippen LogP contribution in [0.3, 0.4) is 0 Å². The Labute approximate surface area is 177 Å². The number of ether oxygens (including phenoxy) is 1. The van der Waals surface area contributed by atoms with Crippen LogP contribution in [0, 0.1) is 0 Å². The van der Waals surface area contributed by atoms with Gasteiger partial charge in [0, 0.05) is 17.8 Å². The summed E-state index contributed by atoms with van der Waals surface area (Å²) in [4.78, 5) is 16.2. The third-order valence-electron chi connectivity index (χ3n) is 5.15. The van der Waals surface area contributed by atoms with Crippen LogP contribution in [0.25, 0.3) is 11.1 Å². The molecule has 1 amide bonds. The number of carbonyl (C=O) groups is 1. The Morgan fingerprint density at radius 2 is 1.73 bits per heavy atom. The normalized spacial score (nSPS) is 14.6. The van der Waals surface area contributed by atoms with Gasteiger partial charge in [-0.2, -0.15) is 0 Å². The van der Waals surface area contributed by atoms with Gasteiger partial charge in [-0.25, -0.2) is 9.78 Å². The minimum atomic E-state index is -1.26. The molecular formula is C22H22N2O5S. The number of alkyl carbamates (subject to hydrolysis) is 1. The zero-order valence-corrected chi connectivity index (χ0v) is 16.9. The SMILES string of the molecule is O=C(NCC(O)C(O)c1nc(CO)cs1)OCC1c2ccccc2-c2ccccc21. The third-order valence-corrected chi connectivity index (χ3v) is 6.11. The van der Waals surface area contributed by atoms with Gasteiger partial charge in [-0.1, -0.05) is 48.5 Å². The van der Waals surface area contributed by atoms with Crippen molar-refractivity contribution in [2.75, 3.05) is 13.2 Å². The lowest BCUT2D eigenvalue weighted by Crippen LogP contribution is -2.36. The van der Waals surface area contributed by atoms with Crippen LogP contribution in [0.1, 0.15) is 33.9 Å². The molecule has 1 heterocycles. The third kappa shape index (κ3) is 4.08. The summed E-state index contributed by atoms with van der Waals surface area (Å²) in [6.45, 7) is -0.256. The molecule has 0 spiro atoms. The number of nitrogens with zero attached hydrogens (tertiary/aromatic N) is 1. The molecule has 1 aliphatic rings. The van der Waals surface area contributed by atoms with Crippen LogP contribution in [0.4, 0.5) is 4.79 Å². The quantitative estimate of drug-likeness (QED) is 0.462. The van der Waals surface area contributed by atoms with E-state index < -0.39 is 18.3 Å². The summed E-state index contributed by atoms with van der Waals surface area (Å²) in [5, 5.41) is 33.7. The summed E-state index contributed by atoms with van der Waals surface area (Å²) < 4.78 is 5.41. The maximum Gasteiger partial charge on any atom is 0.407 e. The van der Waals surface area contributed by atoms with Crippen LogP contribution in [0.2, 0.25) is 0 Å². The second kappa shape index (κ2) is 8.93. The van der Waals surface area contributed by atoms with Gasteiger partial charge in [-0.3, -0.25) is 0 Å². The van der Waals surface area contributed by atoms with E-state index in [1.54, 1.807) is 5.38 Å². The second-order valence-corrected chi connectivity index (χ2v) is 7.94. The Morgan fingerprint density at radius 1 is 1.10 bits per heavy atom. The smallest absolute Gasteiger partial charge is 0.407 e. The number of carbonyl (C=O) groups excluding carboxylic acids is 1. The number of aliphatic hydroxyl groups excluding tert-OH is 3. The Balaban J connectivity index is 1.33. The van der Waals surface area contributed by atoms with E-state index in [-0.39, 0.29) is 30.7 Å². The number of amides is 1. The van der Waals surface area contributed by atoms with E-state index in [0.717, 1.165) is 33.6 Å². The average Bonchev–Trinajstić information content (AvgIpc) is 3.38. The van der Waals surface area contributed by atoms with Crippen LogP contribution in [-0.4, -0.2) is 45.7 Å². The van der Waals surface area contributed by atoms with Gasteiger partial charge in [0.05, 0.1) is 12.3 Å². The predicted octanol–water partition coefficient (Wildman–Crippen LogP) is 2.57. The number of hydrogen-bond donors (Lipinski definition) is 4. The summed E-state index contributed by atoms with van der Waals surface area (Å²) in [5.41, 5.74) is 4.94. The first kappa shape index (κ1) is 20.5. The molecule has 2 unspecified atom stereocenters. The molecule has 30 heavy (non-hydrogen) atoms. The van der Waals surface area contributed by atoms with Crippen molar-refractivity contribution in [3.8, 4) is 11.1 Å². The fourth-order valence-electron chi connectivity index (χ4n) is 3.64. The molecule has 2 aromatic carbocycles. The van der Waals surface area contributed by atoms with E-state index in [0.29, 0.717) is 5.69 Å². The largest absolute Gasteiger partial charge is 0.449 e. The Bertz CT molecular complexity index is 992. The molecule has 156 valence electrons. The number of aromatic nitrogens is 1. The first-order chi connectivity index (χ1) is 14.6. The van der Waals surface area contributed by atoms with Crippen LogP contribution in [-0.2, 0) is 11.3 Å². The molecule has 8 heteroatoms. The van der Waals surface area contributed by atoms with Crippen molar-refractivity contribution in [1.82, 2.24) is 10.3 Å². The van der Waals surface area contributed by atoms with Gasteiger partial charge in [0.2, 0.25) is 0 Å². The van der Waals surface area contributed by atoms with Crippen LogP contribution >= 0.6 is 11.3 Å². The van der Waals surface area contributed by atoms with E-state index in [4.69, 9.17) is 9.84 Å². The second-order valence-electron chi connectivity index (χ2n) is 7.05. The number of aliphatic hydroxyl groups is 3. The molecule has 1 aliphatic carbocycles. The molecule has 0 aliphatic heterocycles. The lowest BCUT2D eigenvalue weighted by molar-refractivity contribution is 0.0182. The van der Waals surface area contributed by atoms with Crippen molar-refractivity contribution >= 4 is 17.4 Å². The fourth-order valence-corrected chi connectivity index (χ4v) is 4.50. The molecule has 7 nitrogen and oxygen atoms in total. The van der Waals surface area contributed by atoms with Gasteiger partial charge < -0.3 is 25.4 Å². The van der Waals surface area contributed by atoms with E-state index in [1.807, 2.05) is 36.4 Å². The van der Waals surface area contributed by atoms with Crippen molar-refractivity contribution in [1.29, 1.82) is 0 Å². The van der Waals surface area contributed by atoms with Crippen LogP contribution in [0.5, 0.6) is 0 Å². The highest BCUT2D eigenvalue weighted by molar-refractivity contribution is 7.09. The minimum absolute atomic E-state index is 0.0501. The van der Waals surface area contributed by atoms with Crippen molar-refractivity contribution < 1.29 is 24.9 Å². The first-order valence-electron chi connectivity index (χ1n) is 9.58. The van der Waals surface area contributed by atoms with Crippen molar-refractivity contribution in [2.24, 2.45) is 0 Å². The molecular weight excluding hydrogens is 404 g/mol. The highest BCUT2D eigenvalue weighted by Gasteiger charge is 2.29. The van der Waals surface area contributed by atoms with E-state index in [1.165, 1.54) is 0 Å². The van der Waals surface area contributed by atoms with E-state index in [9.17, 15) is 15.0 Å². The lowest BCUT2D eigenvalue weighted by Gasteiger charge is -2.18. The predicted molar refractivity (Wildman–Crippen MR) is 112 cm³/mol. The molecule has 0 radical (unpaired) electrons. The molecule has 0 bridgehead atoms. The van der Waals surface area contributed by atoms with Crippen molar-refractivity contribution in [3.63, 3.8) is 0 Å². The number of nitrogens with one attached hydrogen (secondary N) is 1. The topological polar surface area (TPSA) is 112 Å². The average molecular weight is 426 g/mol. The van der Waals surface area contributed by atoms with Gasteiger partial charge in [-0.05, 0) is 22.3 Å². The highest BCUT2D eigenvalue weighted by Crippen LogP contribution is 2.44. The lowest BCUT2D eigenvalue weighted by atomic mass is 9.98. The number of rotatable bonds is 7. The molecule has 0 fully saturated rings. The monoisotopic (exact) mass is 426 g/mol. The standard InChI is InChI=1S/C22H22N2O5S/c25-10-13-12-30-21(24-13)20(27)19(26)9-23-22(28)29-11-18-16-7-3-1-5-14(16)15-6-2-4-8-17(15)18/h1-8,12,18-20,25-27H,9-11H2,(H,23,28). The van der Waals surface area contributed by atoms with Gasteiger partial charge in [0.1, 0.15) is 23.8 Å². The summed E-state index contributed by atoms with van der Waals surface area (Å²) in [7, 11) is 0. The van der Waals surface area contributed by atoms with Gasteiger partial charge in [0.15, 0.2) is 0 Å². The van der Waals surface area contributed by atoms with Crippen LogP contribution < -0.4 is 5.32 Å². The Morgan fingerprint density at radius 3 is 2.33 bits per heavy atom. The summed E-state index contributed by atoms with van der Waals surface area (Å²) in [6.07, 6.45) is -3.18. The molecule has 4 rings (SSSR count). The Kier molecular flexibility index (Phi) is 6.10. The number of thiazole rings is 1. The molecule has 0 saturated heterocycles. The maximum absolute atomic E-state index is 12.2. The van der Waals surface area contributed by atoms with Gasteiger partial charge in [0.25, 0.3) is 0 Å².